The van der Waals surface area contributed by atoms with Crippen LogP contribution >= 0.6 is 11.8 Å². The van der Waals surface area contributed by atoms with Crippen LogP contribution in [0.3, 0.4) is 0 Å². The summed E-state index contributed by atoms with van der Waals surface area (Å²) in [5.41, 5.74) is 2.14. The topological polar surface area (TPSA) is 29.1 Å². The number of benzene rings is 1. The van der Waals surface area contributed by atoms with Crippen LogP contribution in [-0.2, 0) is 4.79 Å². The van der Waals surface area contributed by atoms with E-state index in [1.54, 1.807) is 0 Å². The highest BCUT2D eigenvalue weighted by Gasteiger charge is 2.03. The predicted molar refractivity (Wildman–Crippen MR) is 67.5 cm³/mol. The van der Waals surface area contributed by atoms with Gasteiger partial charge in [0.1, 0.15) is 0 Å². The van der Waals surface area contributed by atoms with Crippen LogP contribution in [0.5, 0.6) is 0 Å². The summed E-state index contributed by atoms with van der Waals surface area (Å²) in [6.07, 6.45) is 1.92. The van der Waals surface area contributed by atoms with Gasteiger partial charge in [0, 0.05) is 5.69 Å². The molecule has 1 aromatic rings. The fourth-order valence-corrected chi connectivity index (χ4v) is 1.64. The first-order valence-electron chi connectivity index (χ1n) is 5.02. The molecule has 82 valence electrons. The van der Waals surface area contributed by atoms with E-state index in [0.29, 0.717) is 11.7 Å². The lowest BCUT2D eigenvalue weighted by Crippen LogP contribution is -2.13. The normalized spacial score (nSPS) is 10.4. The number of rotatable bonds is 4. The Morgan fingerprint density at radius 2 is 2.20 bits per heavy atom. The molecule has 0 unspecified atom stereocenters. The monoisotopic (exact) mass is 223 g/mol. The molecule has 0 aromatic heterocycles. The van der Waals surface area contributed by atoms with Gasteiger partial charge in [-0.3, -0.25) is 4.79 Å². The van der Waals surface area contributed by atoms with Crippen molar-refractivity contribution in [1.82, 2.24) is 0 Å². The predicted octanol–water partition coefficient (Wildman–Crippen LogP) is 3.11. The summed E-state index contributed by atoms with van der Waals surface area (Å²) in [7, 11) is 0. The average Bonchev–Trinajstić information content (AvgIpc) is 2.18. The van der Waals surface area contributed by atoms with Gasteiger partial charge in [0.05, 0.1) is 5.75 Å². The fraction of sp³-hybridized carbons (Fsp3) is 0.417. The lowest BCUT2D eigenvalue weighted by molar-refractivity contribution is -0.113. The largest absolute Gasteiger partial charge is 0.325 e. The average molecular weight is 223 g/mol. The molecule has 0 spiro atoms. The van der Waals surface area contributed by atoms with Crippen molar-refractivity contribution in [3.05, 3.63) is 29.8 Å². The van der Waals surface area contributed by atoms with Gasteiger partial charge in [0.15, 0.2) is 0 Å². The number of hydrogen-bond donors (Lipinski definition) is 1. The van der Waals surface area contributed by atoms with Crippen molar-refractivity contribution in [3.8, 4) is 0 Å². The van der Waals surface area contributed by atoms with Gasteiger partial charge in [0.25, 0.3) is 0 Å². The van der Waals surface area contributed by atoms with Gasteiger partial charge in [-0.1, -0.05) is 26.0 Å². The second kappa shape index (κ2) is 5.81. The van der Waals surface area contributed by atoms with E-state index in [2.05, 4.69) is 25.2 Å². The fourth-order valence-electron chi connectivity index (χ4n) is 1.30. The van der Waals surface area contributed by atoms with Gasteiger partial charge in [0.2, 0.25) is 5.91 Å². The van der Waals surface area contributed by atoms with Crippen LogP contribution in [0.2, 0.25) is 0 Å². The molecule has 3 heteroatoms. The Labute approximate surface area is 95.5 Å². The summed E-state index contributed by atoms with van der Waals surface area (Å²) in [6, 6.07) is 8.01. The number of nitrogens with one attached hydrogen (secondary N) is 1. The number of thioether (sulfide) groups is 1. The lowest BCUT2D eigenvalue weighted by Gasteiger charge is -2.08. The molecule has 1 N–H and O–H groups in total. The Balaban J connectivity index is 2.69. The van der Waals surface area contributed by atoms with Crippen molar-refractivity contribution in [2.45, 2.75) is 19.8 Å². The molecule has 15 heavy (non-hydrogen) atoms. The van der Waals surface area contributed by atoms with Gasteiger partial charge in [-0.25, -0.2) is 0 Å². The lowest BCUT2D eigenvalue weighted by atomic mass is 10.0. The van der Waals surface area contributed by atoms with Crippen molar-refractivity contribution in [1.29, 1.82) is 0 Å². The Morgan fingerprint density at radius 3 is 2.80 bits per heavy atom. The van der Waals surface area contributed by atoms with E-state index in [4.69, 9.17) is 0 Å². The third-order valence-corrected chi connectivity index (χ3v) is 2.66. The smallest absolute Gasteiger partial charge is 0.234 e. The zero-order chi connectivity index (χ0) is 11.3. The molecule has 0 saturated heterocycles. The molecule has 1 amide bonds. The molecule has 0 aliphatic rings. The van der Waals surface area contributed by atoms with Crippen molar-refractivity contribution in [2.75, 3.05) is 17.3 Å². The molecule has 0 fully saturated rings. The van der Waals surface area contributed by atoms with Crippen molar-refractivity contribution in [3.63, 3.8) is 0 Å². The van der Waals surface area contributed by atoms with Gasteiger partial charge in [-0.15, -0.1) is 0 Å². The maximum absolute atomic E-state index is 11.4. The third kappa shape index (κ3) is 3.96. The summed E-state index contributed by atoms with van der Waals surface area (Å²) >= 11 is 1.53. The number of carbonyl (C=O) groups excluding carboxylic acids is 1. The molecule has 0 bridgehead atoms. The molecule has 2 nitrogen and oxygen atoms in total. The van der Waals surface area contributed by atoms with E-state index < -0.39 is 0 Å². The van der Waals surface area contributed by atoms with E-state index in [0.717, 1.165) is 5.69 Å². The SMILES string of the molecule is CSCC(=O)Nc1cccc(C(C)C)c1. The number of anilines is 1. The van der Waals surface area contributed by atoms with Crippen molar-refractivity contribution in [2.24, 2.45) is 0 Å². The minimum absolute atomic E-state index is 0.0587. The Bertz CT molecular complexity index is 336. The van der Waals surface area contributed by atoms with E-state index >= 15 is 0 Å². The van der Waals surface area contributed by atoms with Crippen LogP contribution in [0, 0.1) is 0 Å². The van der Waals surface area contributed by atoms with Crippen LogP contribution in [0.25, 0.3) is 0 Å². The van der Waals surface area contributed by atoms with Crippen LogP contribution in [0.15, 0.2) is 24.3 Å². The molecule has 1 aromatic carbocycles. The Hall–Kier alpha value is -0.960. The summed E-state index contributed by atoms with van der Waals surface area (Å²) in [5.74, 6) is 1.05. The molecule has 0 radical (unpaired) electrons. The first kappa shape index (κ1) is 12.1. The van der Waals surface area contributed by atoms with E-state index in [-0.39, 0.29) is 5.91 Å². The quantitative estimate of drug-likeness (QED) is 0.849. The summed E-state index contributed by atoms with van der Waals surface area (Å²) in [4.78, 5) is 11.4. The standard InChI is InChI=1S/C12H17NOS/c1-9(2)10-5-4-6-11(7-10)13-12(14)8-15-3/h4-7,9H,8H2,1-3H3,(H,13,14). The summed E-state index contributed by atoms with van der Waals surface area (Å²) < 4.78 is 0. The summed E-state index contributed by atoms with van der Waals surface area (Å²) in [5, 5.41) is 2.88. The minimum Gasteiger partial charge on any atom is -0.325 e. The zero-order valence-electron chi connectivity index (χ0n) is 9.41. The highest BCUT2D eigenvalue weighted by Crippen LogP contribution is 2.18. The number of amides is 1. The molecule has 1 rings (SSSR count). The zero-order valence-corrected chi connectivity index (χ0v) is 10.2. The minimum atomic E-state index is 0.0587. The maximum atomic E-state index is 11.4. The third-order valence-electron chi connectivity index (χ3n) is 2.11. The Morgan fingerprint density at radius 1 is 1.47 bits per heavy atom. The van der Waals surface area contributed by atoms with Crippen molar-refractivity contribution >= 4 is 23.4 Å². The number of carbonyl (C=O) groups is 1. The molecule has 0 aliphatic heterocycles. The van der Waals surface area contributed by atoms with Crippen LogP contribution in [0.1, 0.15) is 25.3 Å². The van der Waals surface area contributed by atoms with Gasteiger partial charge >= 0.3 is 0 Å². The van der Waals surface area contributed by atoms with E-state index in [1.165, 1.54) is 17.3 Å². The highest BCUT2D eigenvalue weighted by atomic mass is 32.2. The highest BCUT2D eigenvalue weighted by molar-refractivity contribution is 7.99. The molecular formula is C12H17NOS. The maximum Gasteiger partial charge on any atom is 0.234 e. The first-order chi connectivity index (χ1) is 7.13. The second-order valence-corrected chi connectivity index (χ2v) is 4.63. The van der Waals surface area contributed by atoms with E-state index in [9.17, 15) is 4.79 Å². The molecular weight excluding hydrogens is 206 g/mol. The van der Waals surface area contributed by atoms with Crippen LogP contribution < -0.4 is 5.32 Å². The van der Waals surface area contributed by atoms with Gasteiger partial charge < -0.3 is 5.32 Å². The van der Waals surface area contributed by atoms with Crippen molar-refractivity contribution < 1.29 is 4.79 Å². The molecule has 0 heterocycles. The summed E-state index contributed by atoms with van der Waals surface area (Å²) in [6.45, 7) is 4.28. The van der Waals surface area contributed by atoms with Crippen LogP contribution in [0.4, 0.5) is 5.69 Å². The van der Waals surface area contributed by atoms with Gasteiger partial charge in [-0.05, 0) is 29.9 Å². The van der Waals surface area contributed by atoms with E-state index in [1.807, 2.05) is 24.5 Å². The Kier molecular flexibility index (Phi) is 4.69. The second-order valence-electron chi connectivity index (χ2n) is 3.76. The van der Waals surface area contributed by atoms with Crippen LogP contribution in [-0.4, -0.2) is 17.9 Å². The van der Waals surface area contributed by atoms with Gasteiger partial charge in [-0.2, -0.15) is 11.8 Å². The first-order valence-corrected chi connectivity index (χ1v) is 6.41. The molecule has 0 aliphatic carbocycles. The molecule has 0 saturated carbocycles. The number of hydrogen-bond acceptors (Lipinski definition) is 2. The molecule has 0 atom stereocenters.